The van der Waals surface area contributed by atoms with Gasteiger partial charge in [-0.3, -0.25) is 19.7 Å². The van der Waals surface area contributed by atoms with Crippen LogP contribution in [0.3, 0.4) is 0 Å². The van der Waals surface area contributed by atoms with Crippen LogP contribution in [0.15, 0.2) is 24.3 Å². The Hall–Kier alpha value is -2.72. The zero-order chi connectivity index (χ0) is 23.5. The Morgan fingerprint density at radius 1 is 1.22 bits per heavy atom. The molecule has 1 aromatic rings. The number of piperazine rings is 1. The molecule has 9 nitrogen and oxygen atoms in total. The number of nitrogens with one attached hydrogen (secondary N) is 2. The third-order valence-electron chi connectivity index (χ3n) is 4.80. The van der Waals surface area contributed by atoms with Crippen LogP contribution in [0, 0.1) is 5.92 Å². The molecule has 2 rings (SSSR count). The maximum Gasteiger partial charge on any atom is 0.308 e. The predicted octanol–water partition coefficient (Wildman–Crippen LogP) is 1.51. The minimum absolute atomic E-state index is 0.0804. The summed E-state index contributed by atoms with van der Waals surface area (Å²) in [6, 6.07) is 5.90. The number of hydrogen-bond acceptors (Lipinski definition) is 7. The van der Waals surface area contributed by atoms with Crippen LogP contribution < -0.4 is 15.4 Å². The lowest BCUT2D eigenvalue weighted by molar-refractivity contribution is -0.148. The van der Waals surface area contributed by atoms with E-state index in [9.17, 15) is 14.4 Å². The number of esters is 1. The third-order valence-corrected chi connectivity index (χ3v) is 5.14. The monoisotopic (exact) mass is 465 g/mol. The van der Waals surface area contributed by atoms with E-state index < -0.39 is 17.9 Å². The number of ether oxygens (including phenoxy) is 3. The van der Waals surface area contributed by atoms with Crippen LogP contribution in [0.25, 0.3) is 0 Å². The molecule has 1 saturated heterocycles. The molecule has 1 aliphatic heterocycles. The highest BCUT2D eigenvalue weighted by Gasteiger charge is 2.34. The number of rotatable bonds is 10. The minimum atomic E-state index is -0.858. The van der Waals surface area contributed by atoms with Crippen molar-refractivity contribution in [2.75, 3.05) is 40.0 Å². The van der Waals surface area contributed by atoms with Crippen LogP contribution in [0.5, 0.6) is 5.75 Å². The Kier molecular flexibility index (Phi) is 10.4. The van der Waals surface area contributed by atoms with Crippen molar-refractivity contribution in [3.63, 3.8) is 0 Å². The van der Waals surface area contributed by atoms with Crippen LogP contribution >= 0.6 is 12.2 Å². The highest BCUT2D eigenvalue weighted by atomic mass is 32.1. The quantitative estimate of drug-likeness (QED) is 0.304. The fraction of sp³-hybridized carbons (Fsp3) is 0.545. The van der Waals surface area contributed by atoms with Gasteiger partial charge in [0.15, 0.2) is 5.11 Å². The number of hydrogen-bond donors (Lipinski definition) is 2. The van der Waals surface area contributed by atoms with Crippen molar-refractivity contribution in [3.8, 4) is 5.75 Å². The van der Waals surface area contributed by atoms with Gasteiger partial charge in [-0.25, -0.2) is 0 Å². The van der Waals surface area contributed by atoms with Gasteiger partial charge in [-0.15, -0.1) is 0 Å². The molecule has 0 saturated carbocycles. The Labute approximate surface area is 193 Å². The molecule has 2 N–H and O–H groups in total. The van der Waals surface area contributed by atoms with E-state index in [-0.39, 0.29) is 30.7 Å². The predicted molar refractivity (Wildman–Crippen MR) is 122 cm³/mol. The second kappa shape index (κ2) is 13.0. The summed E-state index contributed by atoms with van der Waals surface area (Å²) in [7, 11) is 1.50. The first kappa shape index (κ1) is 25.5. The van der Waals surface area contributed by atoms with Gasteiger partial charge in [0.25, 0.3) is 5.91 Å². The van der Waals surface area contributed by atoms with E-state index in [1.165, 1.54) is 12.0 Å². The van der Waals surface area contributed by atoms with Gasteiger partial charge in [-0.05, 0) is 48.8 Å². The van der Waals surface area contributed by atoms with Crippen LogP contribution in [0.1, 0.15) is 37.0 Å². The molecule has 10 heteroatoms. The van der Waals surface area contributed by atoms with Crippen molar-refractivity contribution in [1.82, 2.24) is 15.5 Å². The number of carbonyl (C=O) groups excluding carboxylic acids is 3. The van der Waals surface area contributed by atoms with Gasteiger partial charge < -0.3 is 24.4 Å². The zero-order valence-electron chi connectivity index (χ0n) is 18.7. The number of thiocarbonyl (C=S) groups is 1. The van der Waals surface area contributed by atoms with Crippen molar-refractivity contribution in [1.29, 1.82) is 0 Å². The van der Waals surface area contributed by atoms with Crippen molar-refractivity contribution in [2.45, 2.75) is 32.7 Å². The lowest BCUT2D eigenvalue weighted by Crippen LogP contribution is -2.60. The first-order chi connectivity index (χ1) is 15.3. The summed E-state index contributed by atoms with van der Waals surface area (Å²) in [6.45, 7) is 5.95. The summed E-state index contributed by atoms with van der Waals surface area (Å²) < 4.78 is 15.6. The van der Waals surface area contributed by atoms with E-state index in [1.54, 1.807) is 24.3 Å². The van der Waals surface area contributed by atoms with Crippen molar-refractivity contribution < 1.29 is 28.6 Å². The second-order valence-electron chi connectivity index (χ2n) is 7.73. The van der Waals surface area contributed by atoms with Gasteiger partial charge in [0.05, 0.1) is 19.6 Å². The summed E-state index contributed by atoms with van der Waals surface area (Å²) in [5.74, 6) is -0.0645. The van der Waals surface area contributed by atoms with Crippen molar-refractivity contribution >= 4 is 35.1 Å². The summed E-state index contributed by atoms with van der Waals surface area (Å²) >= 11 is 5.36. The van der Waals surface area contributed by atoms with Crippen molar-refractivity contribution in [2.24, 2.45) is 5.92 Å². The molecule has 0 radical (unpaired) electrons. The standard InChI is InChI=1S/C22H31N3O6S/c1-15(2)8-11-30-17-6-4-16(5-7-17)20(27)24-22(32)25-10-9-23-21(28)18(25)14-19(26)31-13-12-29-3/h4-7,15,18H,8-14H2,1-3H3,(H,23,28)(H,24,27,32). The molecule has 1 atom stereocenters. The number of carbonyl (C=O) groups is 3. The van der Waals surface area contributed by atoms with Crippen LogP contribution in [0.2, 0.25) is 0 Å². The van der Waals surface area contributed by atoms with E-state index >= 15 is 0 Å². The van der Waals surface area contributed by atoms with Crippen LogP contribution in [0.4, 0.5) is 0 Å². The maximum atomic E-state index is 12.6. The van der Waals surface area contributed by atoms with E-state index in [0.29, 0.717) is 36.9 Å². The summed E-state index contributed by atoms with van der Waals surface area (Å²) in [6.07, 6.45) is 0.759. The minimum Gasteiger partial charge on any atom is -0.494 e. The Morgan fingerprint density at radius 3 is 2.59 bits per heavy atom. The lowest BCUT2D eigenvalue weighted by atomic mass is 10.1. The van der Waals surface area contributed by atoms with E-state index in [0.717, 1.165) is 6.42 Å². The maximum absolute atomic E-state index is 12.6. The van der Waals surface area contributed by atoms with E-state index in [2.05, 4.69) is 24.5 Å². The van der Waals surface area contributed by atoms with Gasteiger partial charge in [0.1, 0.15) is 18.4 Å². The molecule has 1 fully saturated rings. The molecule has 0 aromatic heterocycles. The smallest absolute Gasteiger partial charge is 0.308 e. The highest BCUT2D eigenvalue weighted by molar-refractivity contribution is 7.80. The van der Waals surface area contributed by atoms with E-state index in [4.69, 9.17) is 26.4 Å². The largest absolute Gasteiger partial charge is 0.494 e. The first-order valence-corrected chi connectivity index (χ1v) is 11.0. The molecule has 0 bridgehead atoms. The summed E-state index contributed by atoms with van der Waals surface area (Å²) in [5.41, 5.74) is 0.403. The van der Waals surface area contributed by atoms with Gasteiger partial charge in [0, 0.05) is 25.8 Å². The van der Waals surface area contributed by atoms with Gasteiger partial charge in [0.2, 0.25) is 5.91 Å². The third kappa shape index (κ3) is 8.08. The van der Waals surface area contributed by atoms with Crippen molar-refractivity contribution in [3.05, 3.63) is 29.8 Å². The Bertz CT molecular complexity index is 799. The van der Waals surface area contributed by atoms with Crippen LogP contribution in [-0.4, -0.2) is 73.9 Å². The number of amides is 2. The molecular formula is C22H31N3O6S. The van der Waals surface area contributed by atoms with Crippen LogP contribution in [-0.2, 0) is 19.1 Å². The number of nitrogens with zero attached hydrogens (tertiary/aromatic N) is 1. The molecule has 32 heavy (non-hydrogen) atoms. The fourth-order valence-electron chi connectivity index (χ4n) is 2.97. The van der Waals surface area contributed by atoms with Gasteiger partial charge >= 0.3 is 5.97 Å². The molecule has 1 heterocycles. The second-order valence-corrected chi connectivity index (χ2v) is 8.12. The Balaban J connectivity index is 1.94. The summed E-state index contributed by atoms with van der Waals surface area (Å²) in [4.78, 5) is 38.5. The molecular weight excluding hydrogens is 434 g/mol. The molecule has 0 spiro atoms. The highest BCUT2D eigenvalue weighted by Crippen LogP contribution is 2.15. The average molecular weight is 466 g/mol. The topological polar surface area (TPSA) is 106 Å². The van der Waals surface area contributed by atoms with E-state index in [1.807, 2.05) is 0 Å². The average Bonchev–Trinajstić information content (AvgIpc) is 2.75. The molecule has 1 aliphatic rings. The molecule has 2 amide bonds. The van der Waals surface area contributed by atoms with Gasteiger partial charge in [-0.1, -0.05) is 13.8 Å². The summed E-state index contributed by atoms with van der Waals surface area (Å²) in [5, 5.41) is 5.43. The Morgan fingerprint density at radius 2 is 1.94 bits per heavy atom. The van der Waals surface area contributed by atoms with Gasteiger partial charge in [-0.2, -0.15) is 0 Å². The zero-order valence-corrected chi connectivity index (χ0v) is 19.5. The number of benzene rings is 1. The molecule has 0 aliphatic carbocycles. The fourth-order valence-corrected chi connectivity index (χ4v) is 3.28. The lowest BCUT2D eigenvalue weighted by Gasteiger charge is -2.36. The first-order valence-electron chi connectivity index (χ1n) is 10.6. The molecule has 1 unspecified atom stereocenters. The number of methoxy groups -OCH3 is 1. The SMILES string of the molecule is COCCOC(=O)CC1C(=O)NCCN1C(=S)NC(=O)c1ccc(OCCC(C)C)cc1. The molecule has 1 aromatic carbocycles. The normalized spacial score (nSPS) is 15.8. The molecule has 176 valence electrons.